The molecule has 8 nitrogen and oxygen atoms in total. The summed E-state index contributed by atoms with van der Waals surface area (Å²) in [6.45, 7) is 6.02. The van der Waals surface area contributed by atoms with Crippen LogP contribution in [0, 0.1) is 11.8 Å². The Labute approximate surface area is 206 Å². The maximum Gasteiger partial charge on any atom is 0.219 e. The number of anilines is 1. The third-order valence-corrected chi connectivity index (χ3v) is 8.36. The summed E-state index contributed by atoms with van der Waals surface area (Å²) in [5.74, 6) is 0.933. The minimum Gasteiger partial charge on any atom is -0.381 e. The van der Waals surface area contributed by atoms with Crippen molar-refractivity contribution >= 4 is 17.9 Å². The lowest BCUT2D eigenvalue weighted by Crippen LogP contribution is -2.37. The van der Waals surface area contributed by atoms with Gasteiger partial charge in [-0.2, -0.15) is 10.2 Å². The van der Waals surface area contributed by atoms with Gasteiger partial charge >= 0.3 is 0 Å². The second-order valence-corrected chi connectivity index (χ2v) is 10.6. The largest absolute Gasteiger partial charge is 0.381 e. The van der Waals surface area contributed by atoms with E-state index < -0.39 is 0 Å². The summed E-state index contributed by atoms with van der Waals surface area (Å²) in [5, 5.41) is 11.4. The van der Waals surface area contributed by atoms with Gasteiger partial charge in [0.05, 0.1) is 12.6 Å². The summed E-state index contributed by atoms with van der Waals surface area (Å²) in [7, 11) is 1.94. The van der Waals surface area contributed by atoms with Crippen molar-refractivity contribution in [2.24, 2.45) is 16.9 Å². The highest BCUT2D eigenvalue weighted by atomic mass is 19.1. The fourth-order valence-electron chi connectivity index (χ4n) is 6.43. The maximum atomic E-state index is 15.5. The molecule has 0 spiro atoms. The van der Waals surface area contributed by atoms with Crippen LogP contribution in [0.25, 0.3) is 0 Å². The van der Waals surface area contributed by atoms with Gasteiger partial charge in [-0.05, 0) is 43.8 Å². The van der Waals surface area contributed by atoms with Crippen LogP contribution in [0.4, 0.5) is 10.2 Å². The van der Waals surface area contributed by atoms with Crippen LogP contribution in [0.5, 0.6) is 0 Å². The van der Waals surface area contributed by atoms with Gasteiger partial charge in [0.2, 0.25) is 5.91 Å². The number of halogens is 1. The van der Waals surface area contributed by atoms with E-state index in [0.717, 1.165) is 88.5 Å². The summed E-state index contributed by atoms with van der Waals surface area (Å²) < 4.78 is 23.3. The second-order valence-electron chi connectivity index (χ2n) is 10.6. The van der Waals surface area contributed by atoms with Gasteiger partial charge in [-0.25, -0.2) is 4.39 Å². The molecule has 2 unspecified atom stereocenters. The van der Waals surface area contributed by atoms with Gasteiger partial charge < -0.3 is 14.5 Å². The van der Waals surface area contributed by atoms with Crippen molar-refractivity contribution in [3.63, 3.8) is 0 Å². The molecule has 0 saturated carbocycles. The smallest absolute Gasteiger partial charge is 0.219 e. The first-order chi connectivity index (χ1) is 17.0. The normalized spacial score (nSPS) is 27.3. The quantitative estimate of drug-likeness (QED) is 0.661. The number of fused-ring (bicyclic) bond motifs is 1. The molecule has 6 rings (SSSR count). The third-order valence-electron chi connectivity index (χ3n) is 8.36. The molecule has 1 aromatic rings. The van der Waals surface area contributed by atoms with Crippen LogP contribution in [0.2, 0.25) is 0 Å². The topological polar surface area (TPSA) is 66.2 Å². The van der Waals surface area contributed by atoms with E-state index in [1.165, 1.54) is 11.3 Å². The molecule has 188 valence electrons. The molecule has 1 aromatic heterocycles. The number of aromatic nitrogens is 2. The molecule has 35 heavy (non-hydrogen) atoms. The number of hydrazone groups is 1. The summed E-state index contributed by atoms with van der Waals surface area (Å²) >= 11 is 0. The molecule has 5 aliphatic rings. The standard InChI is InChI=1S/C26H35FN6O2/c1-17(34)31-9-5-24-22(16-31)26(29-33(24)20-6-10-35-11-7-20)32-8-3-4-18-12-21(23(27)13-25(18)32)19-14-28-30(2)15-19/h13-14,19-21H,3-12,15-16H2,1-2H3. The van der Waals surface area contributed by atoms with E-state index in [1.807, 2.05) is 23.2 Å². The predicted octanol–water partition coefficient (Wildman–Crippen LogP) is 3.41. The zero-order chi connectivity index (χ0) is 24.1. The predicted molar refractivity (Wildman–Crippen MR) is 132 cm³/mol. The van der Waals surface area contributed by atoms with E-state index in [9.17, 15) is 4.79 Å². The molecular weight excluding hydrogens is 447 g/mol. The van der Waals surface area contributed by atoms with Gasteiger partial charge in [0, 0.05) is 88.2 Å². The number of rotatable bonds is 3. The summed E-state index contributed by atoms with van der Waals surface area (Å²) in [6, 6.07) is 0.315. The molecule has 9 heteroatoms. The Kier molecular flexibility index (Phi) is 5.90. The average molecular weight is 483 g/mol. The number of amides is 1. The van der Waals surface area contributed by atoms with Crippen LogP contribution in [0.3, 0.4) is 0 Å². The van der Waals surface area contributed by atoms with Crippen LogP contribution in [0.1, 0.15) is 56.3 Å². The highest BCUT2D eigenvalue weighted by molar-refractivity contribution is 5.74. The van der Waals surface area contributed by atoms with E-state index in [1.54, 1.807) is 13.0 Å². The lowest BCUT2D eigenvalue weighted by atomic mass is 9.80. The molecule has 1 aliphatic carbocycles. The molecule has 0 bridgehead atoms. The Balaban J connectivity index is 1.36. The van der Waals surface area contributed by atoms with Crippen LogP contribution in [-0.4, -0.2) is 71.7 Å². The van der Waals surface area contributed by atoms with Gasteiger partial charge in [0.25, 0.3) is 0 Å². The fourth-order valence-corrected chi connectivity index (χ4v) is 6.43. The van der Waals surface area contributed by atoms with Gasteiger partial charge in [0.15, 0.2) is 5.82 Å². The van der Waals surface area contributed by atoms with Gasteiger partial charge in [0.1, 0.15) is 5.83 Å². The second kappa shape index (κ2) is 9.08. The lowest BCUT2D eigenvalue weighted by molar-refractivity contribution is -0.129. The van der Waals surface area contributed by atoms with Gasteiger partial charge in [-0.3, -0.25) is 14.5 Å². The fraction of sp³-hybridized carbons (Fsp3) is 0.654. The van der Waals surface area contributed by atoms with Crippen molar-refractivity contribution in [2.75, 3.05) is 44.8 Å². The molecule has 0 aromatic carbocycles. The monoisotopic (exact) mass is 482 g/mol. The number of allylic oxidation sites excluding steroid dienone is 3. The van der Waals surface area contributed by atoms with E-state index in [-0.39, 0.29) is 23.6 Å². The van der Waals surface area contributed by atoms with E-state index >= 15 is 4.39 Å². The molecule has 2 atom stereocenters. The van der Waals surface area contributed by atoms with Crippen LogP contribution in [0.15, 0.2) is 28.3 Å². The maximum absolute atomic E-state index is 15.5. The highest BCUT2D eigenvalue weighted by Crippen LogP contribution is 2.43. The lowest BCUT2D eigenvalue weighted by Gasteiger charge is -2.37. The van der Waals surface area contributed by atoms with Crippen molar-refractivity contribution < 1.29 is 13.9 Å². The minimum atomic E-state index is -0.135. The van der Waals surface area contributed by atoms with Gasteiger partial charge in [-0.1, -0.05) is 0 Å². The SMILES string of the molecule is CC(=O)N1CCc2c(c(N3CCCC4=C3C=C(F)C(C3C=NN(C)C3)C4)nn2C2CCOCC2)C1. The zero-order valence-corrected chi connectivity index (χ0v) is 20.7. The number of hydrogen-bond acceptors (Lipinski definition) is 6. The van der Waals surface area contributed by atoms with Crippen molar-refractivity contribution in [1.82, 2.24) is 19.7 Å². The minimum absolute atomic E-state index is 0.0505. The summed E-state index contributed by atoms with van der Waals surface area (Å²) in [6.07, 6.45) is 9.13. The Hall–Kier alpha value is -2.68. The Morgan fingerprint density at radius 1 is 1.20 bits per heavy atom. The molecule has 1 saturated heterocycles. The molecule has 0 radical (unpaired) electrons. The van der Waals surface area contributed by atoms with Crippen molar-refractivity contribution in [3.05, 3.63) is 34.4 Å². The van der Waals surface area contributed by atoms with Crippen LogP contribution < -0.4 is 4.90 Å². The average Bonchev–Trinajstić information content (AvgIpc) is 3.47. The highest BCUT2D eigenvalue weighted by Gasteiger charge is 2.38. The third kappa shape index (κ3) is 4.07. The van der Waals surface area contributed by atoms with E-state index in [2.05, 4.69) is 14.7 Å². The molecule has 1 amide bonds. The first kappa shape index (κ1) is 22.8. The first-order valence-electron chi connectivity index (χ1n) is 13.0. The first-order valence-corrected chi connectivity index (χ1v) is 13.0. The summed E-state index contributed by atoms with van der Waals surface area (Å²) in [4.78, 5) is 16.4. The van der Waals surface area contributed by atoms with Gasteiger partial charge in [-0.15, -0.1) is 0 Å². The van der Waals surface area contributed by atoms with Crippen molar-refractivity contribution in [1.29, 1.82) is 0 Å². The molecule has 4 aliphatic heterocycles. The molecule has 5 heterocycles. The van der Waals surface area contributed by atoms with Crippen molar-refractivity contribution in [3.8, 4) is 0 Å². The van der Waals surface area contributed by atoms with Crippen LogP contribution in [-0.2, 0) is 22.5 Å². The van der Waals surface area contributed by atoms with E-state index in [4.69, 9.17) is 9.84 Å². The Bertz CT molecular complexity index is 1100. The van der Waals surface area contributed by atoms with Crippen molar-refractivity contribution in [2.45, 2.75) is 58.0 Å². The van der Waals surface area contributed by atoms with E-state index in [0.29, 0.717) is 12.6 Å². The Morgan fingerprint density at radius 2 is 2.03 bits per heavy atom. The zero-order valence-electron chi connectivity index (χ0n) is 20.7. The number of ether oxygens (including phenoxy) is 1. The molecule has 1 fully saturated rings. The number of nitrogens with zero attached hydrogens (tertiary/aromatic N) is 6. The number of hydrogen-bond donors (Lipinski definition) is 0. The van der Waals surface area contributed by atoms with Crippen LogP contribution >= 0.6 is 0 Å². The summed E-state index contributed by atoms with van der Waals surface area (Å²) in [5.41, 5.74) is 4.67. The Morgan fingerprint density at radius 3 is 2.77 bits per heavy atom. The number of carbonyl (C=O) groups is 1. The molecular formula is C26H35FN6O2. The molecule has 0 N–H and O–H groups in total. The number of carbonyl (C=O) groups excluding carboxylic acids is 1.